The molecule has 1 aromatic heterocycles. The SMILES string of the molecule is O=C(O)c1cccc2c3c(oc12)CCCC3. The molecule has 0 bridgehead atoms. The molecule has 0 amide bonds. The second-order valence-corrected chi connectivity index (χ2v) is 4.20. The van der Waals surface area contributed by atoms with Crippen molar-refractivity contribution in [2.75, 3.05) is 0 Å². The second-order valence-electron chi connectivity index (χ2n) is 4.20. The third kappa shape index (κ3) is 1.24. The number of aromatic carboxylic acids is 1. The lowest BCUT2D eigenvalue weighted by Crippen LogP contribution is -1.98. The minimum absolute atomic E-state index is 0.270. The average Bonchev–Trinajstić information content (AvgIpc) is 2.67. The van der Waals surface area contributed by atoms with Crippen LogP contribution in [0.3, 0.4) is 0 Å². The van der Waals surface area contributed by atoms with Crippen molar-refractivity contribution in [3.05, 3.63) is 35.1 Å². The van der Waals surface area contributed by atoms with Gasteiger partial charge in [0, 0.05) is 17.4 Å². The van der Waals surface area contributed by atoms with Gasteiger partial charge >= 0.3 is 5.97 Å². The summed E-state index contributed by atoms with van der Waals surface area (Å²) in [7, 11) is 0. The molecule has 82 valence electrons. The van der Waals surface area contributed by atoms with Gasteiger partial charge in [0.25, 0.3) is 0 Å². The smallest absolute Gasteiger partial charge is 0.339 e. The molecule has 1 aliphatic carbocycles. The van der Waals surface area contributed by atoms with E-state index >= 15 is 0 Å². The average molecular weight is 216 g/mol. The van der Waals surface area contributed by atoms with Crippen LogP contribution >= 0.6 is 0 Å². The number of benzene rings is 1. The van der Waals surface area contributed by atoms with Crippen molar-refractivity contribution in [2.24, 2.45) is 0 Å². The van der Waals surface area contributed by atoms with Crippen LogP contribution in [0.1, 0.15) is 34.5 Å². The molecule has 1 aromatic carbocycles. The molecule has 3 rings (SSSR count). The van der Waals surface area contributed by atoms with Crippen LogP contribution in [0.15, 0.2) is 22.6 Å². The molecule has 3 heteroatoms. The first-order chi connectivity index (χ1) is 7.77. The second kappa shape index (κ2) is 3.37. The Morgan fingerprint density at radius 2 is 2.06 bits per heavy atom. The zero-order valence-electron chi connectivity index (χ0n) is 8.82. The molecule has 0 unspecified atom stereocenters. The van der Waals surface area contributed by atoms with Crippen molar-refractivity contribution in [3.8, 4) is 0 Å². The van der Waals surface area contributed by atoms with E-state index in [2.05, 4.69) is 0 Å². The number of fused-ring (bicyclic) bond motifs is 3. The Balaban J connectivity index is 2.33. The van der Waals surface area contributed by atoms with Gasteiger partial charge in [0.2, 0.25) is 0 Å². The Morgan fingerprint density at radius 1 is 1.25 bits per heavy atom. The van der Waals surface area contributed by atoms with Gasteiger partial charge in [0.1, 0.15) is 16.9 Å². The molecule has 1 N–H and O–H groups in total. The molecule has 0 radical (unpaired) electrons. The standard InChI is InChI=1S/C13H12O3/c14-13(15)10-6-3-5-9-8-4-1-2-7-11(8)16-12(9)10/h3,5-6H,1-2,4,7H2,(H,14,15). The highest BCUT2D eigenvalue weighted by atomic mass is 16.4. The summed E-state index contributed by atoms with van der Waals surface area (Å²) in [4.78, 5) is 11.1. The van der Waals surface area contributed by atoms with Crippen LogP contribution < -0.4 is 0 Å². The molecule has 0 fully saturated rings. The molecule has 1 heterocycles. The van der Waals surface area contributed by atoms with Crippen molar-refractivity contribution in [2.45, 2.75) is 25.7 Å². The number of hydrogen-bond donors (Lipinski definition) is 1. The number of carboxylic acid groups (broad SMARTS) is 1. The van der Waals surface area contributed by atoms with Crippen LogP contribution in [-0.2, 0) is 12.8 Å². The fourth-order valence-corrected chi connectivity index (χ4v) is 2.45. The number of hydrogen-bond acceptors (Lipinski definition) is 2. The quantitative estimate of drug-likeness (QED) is 0.797. The fraction of sp³-hybridized carbons (Fsp3) is 0.308. The van der Waals surface area contributed by atoms with E-state index < -0.39 is 5.97 Å². The van der Waals surface area contributed by atoms with Gasteiger partial charge in [-0.2, -0.15) is 0 Å². The highest BCUT2D eigenvalue weighted by Gasteiger charge is 2.20. The fourth-order valence-electron chi connectivity index (χ4n) is 2.45. The first kappa shape index (κ1) is 9.46. The van der Waals surface area contributed by atoms with Crippen LogP contribution in [0.25, 0.3) is 11.0 Å². The van der Waals surface area contributed by atoms with Crippen molar-refractivity contribution < 1.29 is 14.3 Å². The summed E-state index contributed by atoms with van der Waals surface area (Å²) < 4.78 is 5.70. The molecule has 0 atom stereocenters. The van der Waals surface area contributed by atoms with Crippen molar-refractivity contribution in [1.29, 1.82) is 0 Å². The summed E-state index contributed by atoms with van der Waals surface area (Å²) in [5.74, 6) is 0.0617. The highest BCUT2D eigenvalue weighted by molar-refractivity contribution is 6.02. The van der Waals surface area contributed by atoms with Gasteiger partial charge in [0.15, 0.2) is 0 Å². The zero-order valence-corrected chi connectivity index (χ0v) is 8.82. The third-order valence-corrected chi connectivity index (χ3v) is 3.21. The van der Waals surface area contributed by atoms with E-state index in [-0.39, 0.29) is 5.56 Å². The van der Waals surface area contributed by atoms with Crippen LogP contribution in [-0.4, -0.2) is 11.1 Å². The summed E-state index contributed by atoms with van der Waals surface area (Å²) in [6, 6.07) is 5.34. The summed E-state index contributed by atoms with van der Waals surface area (Å²) in [5, 5.41) is 10.1. The molecular weight excluding hydrogens is 204 g/mol. The van der Waals surface area contributed by atoms with Crippen LogP contribution in [0.2, 0.25) is 0 Å². The molecule has 0 saturated carbocycles. The van der Waals surface area contributed by atoms with E-state index in [1.165, 1.54) is 12.0 Å². The van der Waals surface area contributed by atoms with E-state index in [9.17, 15) is 4.79 Å². The maximum atomic E-state index is 11.1. The van der Waals surface area contributed by atoms with E-state index in [0.29, 0.717) is 5.58 Å². The molecule has 16 heavy (non-hydrogen) atoms. The minimum Gasteiger partial charge on any atom is -0.478 e. The van der Waals surface area contributed by atoms with E-state index in [0.717, 1.165) is 30.4 Å². The van der Waals surface area contributed by atoms with Crippen molar-refractivity contribution in [3.63, 3.8) is 0 Å². The number of rotatable bonds is 1. The first-order valence-electron chi connectivity index (χ1n) is 5.54. The highest BCUT2D eigenvalue weighted by Crippen LogP contribution is 2.33. The van der Waals surface area contributed by atoms with Gasteiger partial charge in [-0.05, 0) is 25.3 Å². The number of para-hydroxylation sites is 1. The van der Waals surface area contributed by atoms with Gasteiger partial charge in [-0.15, -0.1) is 0 Å². The number of aryl methyl sites for hydroxylation is 2. The van der Waals surface area contributed by atoms with Gasteiger partial charge in [-0.25, -0.2) is 4.79 Å². The zero-order chi connectivity index (χ0) is 11.1. The molecule has 0 spiro atoms. The maximum Gasteiger partial charge on any atom is 0.339 e. The summed E-state index contributed by atoms with van der Waals surface area (Å²) >= 11 is 0. The van der Waals surface area contributed by atoms with E-state index in [4.69, 9.17) is 9.52 Å². The van der Waals surface area contributed by atoms with Gasteiger partial charge < -0.3 is 9.52 Å². The predicted molar refractivity (Wildman–Crippen MR) is 59.8 cm³/mol. The maximum absolute atomic E-state index is 11.1. The largest absolute Gasteiger partial charge is 0.478 e. The van der Waals surface area contributed by atoms with Crippen molar-refractivity contribution in [1.82, 2.24) is 0 Å². The number of carboxylic acids is 1. The summed E-state index contributed by atoms with van der Waals surface area (Å²) in [5.41, 5.74) is 2.03. The van der Waals surface area contributed by atoms with Crippen molar-refractivity contribution >= 4 is 16.9 Å². The topological polar surface area (TPSA) is 50.4 Å². The Hall–Kier alpha value is -1.77. The minimum atomic E-state index is -0.920. The van der Waals surface area contributed by atoms with Gasteiger partial charge in [-0.1, -0.05) is 12.1 Å². The Kier molecular flexibility index (Phi) is 1.99. The predicted octanol–water partition coefficient (Wildman–Crippen LogP) is 3.01. The molecule has 0 aliphatic heterocycles. The lowest BCUT2D eigenvalue weighted by atomic mass is 9.95. The van der Waals surface area contributed by atoms with E-state index in [1.807, 2.05) is 6.07 Å². The normalized spacial score (nSPS) is 15.0. The molecule has 2 aromatic rings. The first-order valence-corrected chi connectivity index (χ1v) is 5.54. The van der Waals surface area contributed by atoms with Crippen LogP contribution in [0, 0.1) is 0 Å². The Labute approximate surface area is 92.7 Å². The molecule has 0 saturated heterocycles. The van der Waals surface area contributed by atoms with E-state index in [1.54, 1.807) is 12.1 Å². The summed E-state index contributed by atoms with van der Waals surface area (Å²) in [6.45, 7) is 0. The van der Waals surface area contributed by atoms with Gasteiger partial charge in [-0.3, -0.25) is 0 Å². The number of carbonyl (C=O) groups is 1. The van der Waals surface area contributed by atoms with Crippen LogP contribution in [0.4, 0.5) is 0 Å². The molecule has 1 aliphatic rings. The monoisotopic (exact) mass is 216 g/mol. The number of furan rings is 1. The van der Waals surface area contributed by atoms with Gasteiger partial charge in [0.05, 0.1) is 0 Å². The molecule has 3 nitrogen and oxygen atoms in total. The third-order valence-electron chi connectivity index (χ3n) is 3.21. The summed E-state index contributed by atoms with van der Waals surface area (Å²) in [6.07, 6.45) is 4.24. The molecular formula is C13H12O3. The van der Waals surface area contributed by atoms with Crippen LogP contribution in [0.5, 0.6) is 0 Å². The Bertz CT molecular complexity index is 566. The lowest BCUT2D eigenvalue weighted by Gasteiger charge is -2.08. The Morgan fingerprint density at radius 3 is 2.88 bits per heavy atom. The lowest BCUT2D eigenvalue weighted by molar-refractivity contribution is 0.0698.